The fourth-order valence-corrected chi connectivity index (χ4v) is 1.98. The molecule has 1 heterocycles. The Balaban J connectivity index is 2.10. The second kappa shape index (κ2) is 5.22. The number of halogens is 1. The normalized spacial score (nSPS) is 10.5. The van der Waals surface area contributed by atoms with E-state index in [0.717, 1.165) is 15.4 Å². The van der Waals surface area contributed by atoms with E-state index in [1.54, 1.807) is 6.07 Å². The predicted molar refractivity (Wildman–Crippen MR) is 70.6 cm³/mol. The molecular formula is C12H11BrN2O3. The minimum absolute atomic E-state index is 0.0858. The minimum atomic E-state index is -0.934. The molecule has 18 heavy (non-hydrogen) atoms. The van der Waals surface area contributed by atoms with Crippen molar-refractivity contribution in [3.63, 3.8) is 0 Å². The first-order valence-corrected chi connectivity index (χ1v) is 6.14. The van der Waals surface area contributed by atoms with Crippen molar-refractivity contribution in [1.29, 1.82) is 0 Å². The third kappa shape index (κ3) is 2.89. The smallest absolute Gasteiger partial charge is 0.305 e. The van der Waals surface area contributed by atoms with Crippen molar-refractivity contribution in [2.24, 2.45) is 0 Å². The second-order valence-corrected chi connectivity index (χ2v) is 4.73. The maximum atomic E-state index is 11.7. The largest absolute Gasteiger partial charge is 0.481 e. The van der Waals surface area contributed by atoms with Gasteiger partial charge in [0.2, 0.25) is 0 Å². The molecule has 3 N–H and O–H groups in total. The summed E-state index contributed by atoms with van der Waals surface area (Å²) in [6.07, 6.45) is -0.0858. The third-order valence-corrected chi connectivity index (χ3v) is 2.95. The molecule has 0 saturated heterocycles. The molecule has 94 valence electrons. The van der Waals surface area contributed by atoms with Crippen LogP contribution in [0, 0.1) is 0 Å². The zero-order chi connectivity index (χ0) is 13.1. The number of hydrogen-bond acceptors (Lipinski definition) is 2. The molecule has 0 atom stereocenters. The number of nitrogens with one attached hydrogen (secondary N) is 2. The molecular weight excluding hydrogens is 300 g/mol. The molecule has 1 aromatic carbocycles. The topological polar surface area (TPSA) is 82.2 Å². The van der Waals surface area contributed by atoms with Crippen molar-refractivity contribution in [2.75, 3.05) is 6.54 Å². The van der Waals surface area contributed by atoms with Gasteiger partial charge in [-0.25, -0.2) is 0 Å². The van der Waals surface area contributed by atoms with Gasteiger partial charge in [-0.05, 0) is 24.3 Å². The first-order chi connectivity index (χ1) is 8.56. The number of benzene rings is 1. The fraction of sp³-hybridized carbons (Fsp3) is 0.167. The molecule has 0 aliphatic rings. The molecule has 0 bridgehead atoms. The van der Waals surface area contributed by atoms with E-state index in [4.69, 9.17) is 5.11 Å². The van der Waals surface area contributed by atoms with E-state index < -0.39 is 5.97 Å². The van der Waals surface area contributed by atoms with Crippen LogP contribution in [0.2, 0.25) is 0 Å². The molecule has 0 saturated carbocycles. The number of rotatable bonds is 4. The SMILES string of the molecule is O=C(O)CCNC(=O)c1cc2cc(Br)ccc2[nH]1. The number of aromatic nitrogens is 1. The summed E-state index contributed by atoms with van der Waals surface area (Å²) >= 11 is 3.36. The molecule has 0 aliphatic carbocycles. The lowest BCUT2D eigenvalue weighted by Crippen LogP contribution is -2.26. The quantitative estimate of drug-likeness (QED) is 0.809. The van der Waals surface area contributed by atoms with E-state index in [9.17, 15) is 9.59 Å². The van der Waals surface area contributed by atoms with Crippen molar-refractivity contribution in [2.45, 2.75) is 6.42 Å². The number of hydrogen-bond donors (Lipinski definition) is 3. The summed E-state index contributed by atoms with van der Waals surface area (Å²) in [5.74, 6) is -1.24. The van der Waals surface area contributed by atoms with Crippen LogP contribution in [0.3, 0.4) is 0 Å². The second-order valence-electron chi connectivity index (χ2n) is 3.81. The highest BCUT2D eigenvalue weighted by molar-refractivity contribution is 9.10. The molecule has 0 fully saturated rings. The lowest BCUT2D eigenvalue weighted by atomic mass is 10.2. The molecule has 0 radical (unpaired) electrons. The van der Waals surface area contributed by atoms with E-state index in [1.165, 1.54) is 0 Å². The minimum Gasteiger partial charge on any atom is -0.481 e. The van der Waals surface area contributed by atoms with Gasteiger partial charge in [0.05, 0.1) is 6.42 Å². The summed E-state index contributed by atoms with van der Waals surface area (Å²) in [4.78, 5) is 25.0. The molecule has 2 aromatic rings. The maximum Gasteiger partial charge on any atom is 0.305 e. The predicted octanol–water partition coefficient (Wildman–Crippen LogP) is 2.13. The van der Waals surface area contributed by atoms with Gasteiger partial charge < -0.3 is 15.4 Å². The molecule has 6 heteroatoms. The number of carbonyl (C=O) groups is 2. The van der Waals surface area contributed by atoms with Crippen LogP contribution in [0.4, 0.5) is 0 Å². The lowest BCUT2D eigenvalue weighted by molar-refractivity contribution is -0.136. The van der Waals surface area contributed by atoms with E-state index in [2.05, 4.69) is 26.2 Å². The van der Waals surface area contributed by atoms with Gasteiger partial charge in [-0.3, -0.25) is 9.59 Å². The zero-order valence-electron chi connectivity index (χ0n) is 9.37. The van der Waals surface area contributed by atoms with Crippen LogP contribution in [0.1, 0.15) is 16.9 Å². The van der Waals surface area contributed by atoms with Crippen LogP contribution < -0.4 is 5.32 Å². The van der Waals surface area contributed by atoms with E-state index in [1.807, 2.05) is 18.2 Å². The van der Waals surface area contributed by atoms with Gasteiger partial charge in [0, 0.05) is 21.9 Å². The highest BCUT2D eigenvalue weighted by Crippen LogP contribution is 2.20. The Morgan fingerprint density at radius 1 is 1.33 bits per heavy atom. The van der Waals surface area contributed by atoms with Crippen LogP contribution in [0.15, 0.2) is 28.7 Å². The van der Waals surface area contributed by atoms with Crippen LogP contribution in [-0.2, 0) is 4.79 Å². The van der Waals surface area contributed by atoms with Gasteiger partial charge in [0.1, 0.15) is 5.69 Å². The van der Waals surface area contributed by atoms with Gasteiger partial charge in [-0.15, -0.1) is 0 Å². The van der Waals surface area contributed by atoms with Crippen LogP contribution in [0.25, 0.3) is 10.9 Å². The monoisotopic (exact) mass is 310 g/mol. The van der Waals surface area contributed by atoms with Crippen LogP contribution in [-0.4, -0.2) is 28.5 Å². The van der Waals surface area contributed by atoms with Crippen molar-refractivity contribution < 1.29 is 14.7 Å². The first kappa shape index (κ1) is 12.6. The Morgan fingerprint density at radius 2 is 2.11 bits per heavy atom. The van der Waals surface area contributed by atoms with Gasteiger partial charge >= 0.3 is 5.97 Å². The number of fused-ring (bicyclic) bond motifs is 1. The highest BCUT2D eigenvalue weighted by atomic mass is 79.9. The van der Waals surface area contributed by atoms with Crippen LogP contribution >= 0.6 is 15.9 Å². The number of carbonyl (C=O) groups excluding carboxylic acids is 1. The number of aromatic amines is 1. The first-order valence-electron chi connectivity index (χ1n) is 5.34. The molecule has 1 aromatic heterocycles. The molecule has 0 unspecified atom stereocenters. The number of amides is 1. The van der Waals surface area contributed by atoms with E-state index in [0.29, 0.717) is 5.69 Å². The van der Waals surface area contributed by atoms with E-state index in [-0.39, 0.29) is 18.9 Å². The Kier molecular flexibility index (Phi) is 3.66. The Morgan fingerprint density at radius 3 is 2.83 bits per heavy atom. The van der Waals surface area contributed by atoms with Crippen molar-refractivity contribution >= 4 is 38.7 Å². The maximum absolute atomic E-state index is 11.7. The average molecular weight is 311 g/mol. The Hall–Kier alpha value is -1.82. The van der Waals surface area contributed by atoms with Gasteiger partial charge in [0.15, 0.2) is 0 Å². The summed E-state index contributed by atoms with van der Waals surface area (Å²) in [7, 11) is 0. The molecule has 0 spiro atoms. The van der Waals surface area contributed by atoms with Crippen molar-refractivity contribution in [3.05, 3.63) is 34.4 Å². The lowest BCUT2D eigenvalue weighted by Gasteiger charge is -2.00. The standard InChI is InChI=1S/C12H11BrN2O3/c13-8-1-2-9-7(5-8)6-10(15-9)12(18)14-4-3-11(16)17/h1-2,5-6,15H,3-4H2,(H,14,18)(H,16,17). The van der Waals surface area contributed by atoms with Gasteiger partial charge in [0.25, 0.3) is 5.91 Å². The van der Waals surface area contributed by atoms with Crippen molar-refractivity contribution in [3.8, 4) is 0 Å². The highest BCUT2D eigenvalue weighted by Gasteiger charge is 2.09. The Bertz CT molecular complexity index is 606. The van der Waals surface area contributed by atoms with E-state index >= 15 is 0 Å². The van der Waals surface area contributed by atoms with Crippen LogP contribution in [0.5, 0.6) is 0 Å². The summed E-state index contributed by atoms with van der Waals surface area (Å²) in [6, 6.07) is 7.38. The number of carboxylic acid groups (broad SMARTS) is 1. The molecule has 2 rings (SSSR count). The average Bonchev–Trinajstić information content (AvgIpc) is 2.71. The summed E-state index contributed by atoms with van der Waals surface area (Å²) in [6.45, 7) is 0.118. The number of aliphatic carboxylic acids is 1. The summed E-state index contributed by atoms with van der Waals surface area (Å²) in [5.41, 5.74) is 1.29. The Labute approximate surface area is 111 Å². The number of carboxylic acids is 1. The zero-order valence-corrected chi connectivity index (χ0v) is 11.0. The fourth-order valence-electron chi connectivity index (χ4n) is 1.60. The number of H-pyrrole nitrogens is 1. The molecule has 5 nitrogen and oxygen atoms in total. The molecule has 0 aliphatic heterocycles. The van der Waals surface area contributed by atoms with Crippen molar-refractivity contribution in [1.82, 2.24) is 10.3 Å². The van der Waals surface area contributed by atoms with Gasteiger partial charge in [-0.1, -0.05) is 15.9 Å². The summed E-state index contributed by atoms with van der Waals surface area (Å²) in [5, 5.41) is 11.9. The third-order valence-electron chi connectivity index (χ3n) is 2.45. The summed E-state index contributed by atoms with van der Waals surface area (Å²) < 4.78 is 0.937. The molecule has 1 amide bonds. The van der Waals surface area contributed by atoms with Gasteiger partial charge in [-0.2, -0.15) is 0 Å².